The summed E-state index contributed by atoms with van der Waals surface area (Å²) < 4.78 is 6.04. The molecule has 3 fully saturated rings. The second-order valence-corrected chi connectivity index (χ2v) is 11.4. The number of aromatic nitrogens is 4. The molecule has 11 heteroatoms. The van der Waals surface area contributed by atoms with Gasteiger partial charge in [0.2, 0.25) is 5.28 Å². The van der Waals surface area contributed by atoms with Crippen molar-refractivity contribution >= 4 is 23.2 Å². The van der Waals surface area contributed by atoms with Gasteiger partial charge in [-0.15, -0.1) is 0 Å². The quantitative estimate of drug-likeness (QED) is 0.460. The number of piperidine rings is 2. The number of rotatable bonds is 5. The predicted octanol–water partition coefficient (Wildman–Crippen LogP) is 4.97. The number of ether oxygens (including phenoxy) is 1. The summed E-state index contributed by atoms with van der Waals surface area (Å²) in [6.07, 6.45) is 9.48. The van der Waals surface area contributed by atoms with E-state index in [2.05, 4.69) is 68.5 Å². The van der Waals surface area contributed by atoms with Gasteiger partial charge in [-0.05, 0) is 97.3 Å². The van der Waals surface area contributed by atoms with Crippen molar-refractivity contribution in [3.05, 3.63) is 28.8 Å². The van der Waals surface area contributed by atoms with Gasteiger partial charge in [-0.1, -0.05) is 0 Å². The molecule has 3 aliphatic rings. The van der Waals surface area contributed by atoms with Crippen molar-refractivity contribution in [2.45, 2.75) is 96.4 Å². The molecule has 4 atom stereocenters. The fourth-order valence-electron chi connectivity index (χ4n) is 5.93. The maximum absolute atomic E-state index is 9.32. The molecule has 0 amide bonds. The fraction of sp³-hybridized carbons (Fsp3) is 0.655. The molecule has 0 bridgehead atoms. The second kappa shape index (κ2) is 13.9. The number of hydrogen-bond acceptors (Lipinski definition) is 10. The van der Waals surface area contributed by atoms with Gasteiger partial charge in [0.1, 0.15) is 41.3 Å². The molecule has 2 aromatic heterocycles. The zero-order chi connectivity index (χ0) is 28.6. The van der Waals surface area contributed by atoms with E-state index in [0.29, 0.717) is 35.5 Å². The maximum atomic E-state index is 9.32. The van der Waals surface area contributed by atoms with Gasteiger partial charge in [0.15, 0.2) is 0 Å². The molecule has 0 unspecified atom stereocenters. The Hall–Kier alpha value is -3.21. The van der Waals surface area contributed by atoms with Crippen molar-refractivity contribution in [1.82, 2.24) is 24.8 Å². The van der Waals surface area contributed by atoms with Crippen LogP contribution in [0, 0.1) is 22.7 Å². The molecule has 5 heterocycles. The van der Waals surface area contributed by atoms with E-state index < -0.39 is 0 Å². The first-order chi connectivity index (χ1) is 19.3. The minimum atomic E-state index is 0.0121. The molecule has 0 aliphatic carbocycles. The smallest absolute Gasteiger partial charge is 0.319 e. The average molecular weight is 566 g/mol. The molecule has 0 aromatic carbocycles. The molecule has 10 nitrogen and oxygen atoms in total. The number of nitrogens with zero attached hydrogens (tertiary/aromatic N) is 9. The Bertz CT molecular complexity index is 1230. The summed E-state index contributed by atoms with van der Waals surface area (Å²) in [7, 11) is 2.13. The Morgan fingerprint density at radius 2 is 1.40 bits per heavy atom. The van der Waals surface area contributed by atoms with E-state index in [-0.39, 0.29) is 11.4 Å². The Kier molecular flexibility index (Phi) is 10.4. The van der Waals surface area contributed by atoms with Gasteiger partial charge in [0, 0.05) is 43.3 Å². The summed E-state index contributed by atoms with van der Waals surface area (Å²) in [6.45, 7) is 9.50. The molecule has 40 heavy (non-hydrogen) atoms. The normalized spacial score (nSPS) is 23.9. The number of nitriles is 2. The minimum Gasteiger partial charge on any atom is -0.459 e. The van der Waals surface area contributed by atoms with Crippen molar-refractivity contribution in [2.24, 2.45) is 0 Å². The molecule has 0 saturated carbocycles. The lowest BCUT2D eigenvalue weighted by atomic mass is 10.0. The highest BCUT2D eigenvalue weighted by molar-refractivity contribution is 6.28. The standard InChI is InChI=1S/C18H27N5O.C11H13ClN4/c1-13-7-4-5-10-23(13)17-11-15(12-19)20-18(21-17)24-14(2)16-8-6-9-22(16)3;1-8-4-2-3-5-16(8)10-6-9(7-13)14-11(12)15-10/h11,13-14,16H,4-10H2,1-3H3;6,8H,2-5H2,1H3/t13-,14-,16-;8-/m00/s1. The van der Waals surface area contributed by atoms with Gasteiger partial charge >= 0.3 is 6.01 Å². The Balaban J connectivity index is 0.000000201. The van der Waals surface area contributed by atoms with E-state index in [9.17, 15) is 5.26 Å². The highest BCUT2D eigenvalue weighted by Gasteiger charge is 2.29. The van der Waals surface area contributed by atoms with Gasteiger partial charge in [0.25, 0.3) is 0 Å². The predicted molar refractivity (Wildman–Crippen MR) is 156 cm³/mol. The van der Waals surface area contributed by atoms with Crippen LogP contribution < -0.4 is 14.5 Å². The number of likely N-dealkylation sites (N-methyl/N-ethyl adjacent to an activating group) is 1. The van der Waals surface area contributed by atoms with Crippen LogP contribution in [0.2, 0.25) is 5.28 Å². The molecular formula is C29H40ClN9O. The average Bonchev–Trinajstić information content (AvgIpc) is 3.39. The highest BCUT2D eigenvalue weighted by Crippen LogP contribution is 2.27. The first-order valence-electron chi connectivity index (χ1n) is 14.4. The molecule has 0 N–H and O–H groups in total. The van der Waals surface area contributed by atoms with Gasteiger partial charge in [-0.2, -0.15) is 20.5 Å². The number of hydrogen-bond donors (Lipinski definition) is 0. The molecule has 3 saturated heterocycles. The third kappa shape index (κ3) is 7.50. The van der Waals surface area contributed by atoms with Crippen LogP contribution in [-0.2, 0) is 0 Å². The van der Waals surface area contributed by atoms with Crippen molar-refractivity contribution in [1.29, 1.82) is 10.5 Å². The van der Waals surface area contributed by atoms with Crippen molar-refractivity contribution in [2.75, 3.05) is 36.5 Å². The lowest BCUT2D eigenvalue weighted by molar-refractivity contribution is 0.112. The topological polar surface area (TPSA) is 118 Å². The minimum absolute atomic E-state index is 0.0121. The molecule has 5 rings (SSSR count). The summed E-state index contributed by atoms with van der Waals surface area (Å²) in [6, 6.07) is 9.23. The monoisotopic (exact) mass is 565 g/mol. The van der Waals surface area contributed by atoms with Gasteiger partial charge in [-0.25, -0.2) is 9.97 Å². The zero-order valence-electron chi connectivity index (χ0n) is 24.1. The second-order valence-electron chi connectivity index (χ2n) is 11.1. The third-order valence-electron chi connectivity index (χ3n) is 8.21. The summed E-state index contributed by atoms with van der Waals surface area (Å²) >= 11 is 5.80. The Morgan fingerprint density at radius 1 is 0.825 bits per heavy atom. The van der Waals surface area contributed by atoms with Crippen molar-refractivity contribution < 1.29 is 4.74 Å². The summed E-state index contributed by atoms with van der Waals surface area (Å²) in [5.74, 6) is 1.58. The van der Waals surface area contributed by atoms with Crippen LogP contribution in [0.5, 0.6) is 6.01 Å². The lowest BCUT2D eigenvalue weighted by Gasteiger charge is -2.34. The van der Waals surface area contributed by atoms with Crippen LogP contribution in [0.15, 0.2) is 12.1 Å². The van der Waals surface area contributed by atoms with Crippen LogP contribution in [0.3, 0.4) is 0 Å². The Morgan fingerprint density at radius 3 is 1.93 bits per heavy atom. The SMILES string of the molecule is C[C@H](Oc1nc(C#N)cc(N2CCCC[C@@H]2C)n1)[C@@H]1CCCN1C.C[C@H]1CCCCN1c1cc(C#N)nc(Cl)n1. The van der Waals surface area contributed by atoms with Crippen LogP contribution >= 0.6 is 11.6 Å². The summed E-state index contributed by atoms with van der Waals surface area (Å²) in [4.78, 5) is 23.7. The van der Waals surface area contributed by atoms with Gasteiger partial charge < -0.3 is 14.5 Å². The first kappa shape index (κ1) is 29.8. The van der Waals surface area contributed by atoms with Crippen LogP contribution in [0.1, 0.15) is 83.5 Å². The van der Waals surface area contributed by atoms with Crippen molar-refractivity contribution in [3.63, 3.8) is 0 Å². The lowest BCUT2D eigenvalue weighted by Crippen LogP contribution is -2.39. The largest absolute Gasteiger partial charge is 0.459 e. The Labute approximate surface area is 243 Å². The van der Waals surface area contributed by atoms with E-state index in [1.54, 1.807) is 12.1 Å². The number of halogens is 1. The number of likely N-dealkylation sites (tertiary alicyclic amines) is 1. The van der Waals surface area contributed by atoms with Crippen molar-refractivity contribution in [3.8, 4) is 18.1 Å². The third-order valence-corrected chi connectivity index (χ3v) is 8.38. The molecule has 0 radical (unpaired) electrons. The van der Waals surface area contributed by atoms with Gasteiger partial charge in [-0.3, -0.25) is 4.90 Å². The molecule has 0 spiro atoms. The molecule has 2 aromatic rings. The number of anilines is 2. The molecule has 3 aliphatic heterocycles. The summed E-state index contributed by atoms with van der Waals surface area (Å²) in [5, 5.41) is 18.3. The van der Waals surface area contributed by atoms with E-state index in [1.807, 2.05) is 6.07 Å². The van der Waals surface area contributed by atoms with E-state index in [0.717, 1.165) is 63.4 Å². The van der Waals surface area contributed by atoms with Crippen LogP contribution in [0.4, 0.5) is 11.6 Å². The first-order valence-corrected chi connectivity index (χ1v) is 14.8. The van der Waals surface area contributed by atoms with E-state index >= 15 is 0 Å². The molecule has 214 valence electrons. The molecular weight excluding hydrogens is 526 g/mol. The van der Waals surface area contributed by atoms with Gasteiger partial charge in [0.05, 0.1) is 0 Å². The fourth-order valence-corrected chi connectivity index (χ4v) is 6.11. The highest BCUT2D eigenvalue weighted by atomic mass is 35.5. The van der Waals surface area contributed by atoms with E-state index in [4.69, 9.17) is 21.6 Å². The summed E-state index contributed by atoms with van der Waals surface area (Å²) in [5.41, 5.74) is 0.701. The van der Waals surface area contributed by atoms with Crippen LogP contribution in [0.25, 0.3) is 0 Å². The van der Waals surface area contributed by atoms with Crippen LogP contribution in [-0.4, -0.2) is 75.7 Å². The maximum Gasteiger partial charge on any atom is 0.319 e. The van der Waals surface area contributed by atoms with E-state index in [1.165, 1.54) is 19.3 Å². The zero-order valence-corrected chi connectivity index (χ0v) is 24.8.